The number of hydrogen-bond acceptors (Lipinski definition) is 7. The molecule has 0 saturated heterocycles. The van der Waals surface area contributed by atoms with Crippen molar-refractivity contribution in [3.8, 4) is 16.3 Å². The largest absolute Gasteiger partial charge is 0.497 e. The number of ether oxygens (including phenoxy) is 1. The molecule has 0 aliphatic carbocycles. The predicted molar refractivity (Wildman–Crippen MR) is 130 cm³/mol. The minimum atomic E-state index is -0.244. The Kier molecular flexibility index (Phi) is 7.67. The van der Waals surface area contributed by atoms with Crippen LogP contribution in [-0.2, 0) is 11.2 Å². The zero-order valence-corrected chi connectivity index (χ0v) is 19.5. The fourth-order valence-electron chi connectivity index (χ4n) is 3.32. The van der Waals surface area contributed by atoms with Gasteiger partial charge in [-0.1, -0.05) is 41.7 Å². The Morgan fingerprint density at radius 1 is 1.00 bits per heavy atom. The van der Waals surface area contributed by atoms with E-state index in [1.54, 1.807) is 24.1 Å². The van der Waals surface area contributed by atoms with Gasteiger partial charge in [0.1, 0.15) is 10.8 Å². The van der Waals surface area contributed by atoms with Gasteiger partial charge in [0.15, 0.2) is 5.76 Å². The number of rotatable bonds is 10. The van der Waals surface area contributed by atoms with Crippen molar-refractivity contribution in [3.05, 3.63) is 84.3 Å². The topological polar surface area (TPSA) is 97.6 Å². The second kappa shape index (κ2) is 11.2. The Morgan fingerprint density at radius 3 is 2.50 bits per heavy atom. The lowest BCUT2D eigenvalue weighted by Gasteiger charge is -2.21. The Morgan fingerprint density at radius 2 is 1.79 bits per heavy atom. The first-order valence-corrected chi connectivity index (χ1v) is 11.6. The van der Waals surface area contributed by atoms with Crippen LogP contribution in [0.5, 0.6) is 5.75 Å². The fraction of sp³-hybridized carbons (Fsp3) is 0.200. The monoisotopic (exact) mass is 476 g/mol. The third-order valence-corrected chi connectivity index (χ3v) is 6.04. The number of anilines is 1. The van der Waals surface area contributed by atoms with Crippen molar-refractivity contribution in [2.45, 2.75) is 12.8 Å². The summed E-state index contributed by atoms with van der Waals surface area (Å²) < 4.78 is 10.4. The first-order chi connectivity index (χ1) is 16.6. The van der Waals surface area contributed by atoms with Gasteiger partial charge in [-0.05, 0) is 48.4 Å². The summed E-state index contributed by atoms with van der Waals surface area (Å²) in [4.78, 5) is 27.1. The van der Waals surface area contributed by atoms with Crippen molar-refractivity contribution >= 4 is 28.3 Å². The van der Waals surface area contributed by atoms with Gasteiger partial charge in [0.25, 0.3) is 5.91 Å². The highest BCUT2D eigenvalue weighted by Gasteiger charge is 2.20. The molecule has 8 nitrogen and oxygen atoms in total. The standard InChI is InChI=1S/C25H24N4O4S/c1-32-20-11-9-19(10-12-20)23-27-28-25(34-23)26-22(30)14-16-29(24(31)21-8-5-17-33-21)15-13-18-6-3-2-4-7-18/h2-12,17H,13-16H2,1H3,(H,26,28,30). The zero-order chi connectivity index (χ0) is 23.8. The summed E-state index contributed by atoms with van der Waals surface area (Å²) in [6, 6.07) is 20.7. The Hall–Kier alpha value is -3.98. The summed E-state index contributed by atoms with van der Waals surface area (Å²) >= 11 is 1.28. The van der Waals surface area contributed by atoms with E-state index in [4.69, 9.17) is 9.15 Å². The second-order valence-electron chi connectivity index (χ2n) is 7.44. The summed E-state index contributed by atoms with van der Waals surface area (Å²) in [7, 11) is 1.61. The van der Waals surface area contributed by atoms with Crippen LogP contribution in [0.25, 0.3) is 10.6 Å². The average Bonchev–Trinajstić information content (AvgIpc) is 3.57. The van der Waals surface area contributed by atoms with E-state index in [9.17, 15) is 9.59 Å². The highest BCUT2D eigenvalue weighted by atomic mass is 32.1. The number of amides is 2. The Labute approximate surface area is 201 Å². The molecule has 34 heavy (non-hydrogen) atoms. The molecule has 4 rings (SSSR count). The van der Waals surface area contributed by atoms with Gasteiger partial charge in [-0.3, -0.25) is 9.59 Å². The van der Waals surface area contributed by atoms with E-state index in [-0.39, 0.29) is 30.5 Å². The average molecular weight is 477 g/mol. The van der Waals surface area contributed by atoms with E-state index in [1.165, 1.54) is 17.6 Å². The number of nitrogens with zero attached hydrogens (tertiary/aromatic N) is 3. The van der Waals surface area contributed by atoms with Gasteiger partial charge in [-0.15, -0.1) is 10.2 Å². The maximum absolute atomic E-state index is 12.9. The molecule has 0 fully saturated rings. The van der Waals surface area contributed by atoms with Gasteiger partial charge in [0, 0.05) is 25.1 Å². The lowest BCUT2D eigenvalue weighted by Crippen LogP contribution is -2.35. The third-order valence-electron chi connectivity index (χ3n) is 5.15. The molecule has 2 aromatic carbocycles. The molecule has 9 heteroatoms. The van der Waals surface area contributed by atoms with Gasteiger partial charge >= 0.3 is 0 Å². The zero-order valence-electron chi connectivity index (χ0n) is 18.6. The van der Waals surface area contributed by atoms with Gasteiger partial charge in [0.2, 0.25) is 11.0 Å². The molecule has 0 aliphatic heterocycles. The van der Waals surface area contributed by atoms with Crippen LogP contribution in [-0.4, -0.2) is 47.1 Å². The van der Waals surface area contributed by atoms with Crippen LogP contribution < -0.4 is 10.1 Å². The minimum absolute atomic E-state index is 0.124. The summed E-state index contributed by atoms with van der Waals surface area (Å²) in [6.07, 6.45) is 2.26. The Balaban J connectivity index is 1.35. The number of carbonyl (C=O) groups excluding carboxylic acids is 2. The van der Waals surface area contributed by atoms with Crippen molar-refractivity contribution < 1.29 is 18.7 Å². The summed E-state index contributed by atoms with van der Waals surface area (Å²) in [5, 5.41) is 12.1. The Bertz CT molecular complexity index is 1210. The predicted octanol–water partition coefficient (Wildman–Crippen LogP) is 4.52. The molecule has 0 unspecified atom stereocenters. The van der Waals surface area contributed by atoms with Crippen LogP contribution in [0.1, 0.15) is 22.5 Å². The third kappa shape index (κ3) is 6.08. The van der Waals surface area contributed by atoms with Gasteiger partial charge in [0.05, 0.1) is 13.4 Å². The molecule has 0 spiro atoms. The van der Waals surface area contributed by atoms with E-state index in [2.05, 4.69) is 15.5 Å². The number of furan rings is 1. The maximum atomic E-state index is 12.9. The number of carbonyl (C=O) groups is 2. The van der Waals surface area contributed by atoms with Gasteiger partial charge in [-0.2, -0.15) is 0 Å². The van der Waals surface area contributed by atoms with Crippen LogP contribution in [0.4, 0.5) is 5.13 Å². The number of methoxy groups -OCH3 is 1. The van der Waals surface area contributed by atoms with Crippen molar-refractivity contribution in [3.63, 3.8) is 0 Å². The number of benzene rings is 2. The molecule has 2 aromatic heterocycles. The highest BCUT2D eigenvalue weighted by Crippen LogP contribution is 2.27. The van der Waals surface area contributed by atoms with E-state index < -0.39 is 0 Å². The molecule has 0 saturated carbocycles. The fourth-order valence-corrected chi connectivity index (χ4v) is 4.09. The molecule has 4 aromatic rings. The molecule has 2 heterocycles. The summed E-state index contributed by atoms with van der Waals surface area (Å²) in [6.45, 7) is 0.722. The second-order valence-corrected chi connectivity index (χ2v) is 8.42. The van der Waals surface area contributed by atoms with Crippen molar-refractivity contribution in [2.75, 3.05) is 25.5 Å². The SMILES string of the molecule is COc1ccc(-c2nnc(NC(=O)CCN(CCc3ccccc3)C(=O)c3ccco3)s2)cc1. The number of nitrogens with one attached hydrogen (secondary N) is 1. The maximum Gasteiger partial charge on any atom is 0.289 e. The van der Waals surface area contributed by atoms with Crippen LogP contribution in [0, 0.1) is 0 Å². The van der Waals surface area contributed by atoms with Crippen LogP contribution in [0.3, 0.4) is 0 Å². The van der Waals surface area contributed by atoms with Gasteiger partial charge in [-0.25, -0.2) is 0 Å². The first-order valence-electron chi connectivity index (χ1n) is 10.8. The van der Waals surface area contributed by atoms with E-state index in [1.807, 2.05) is 54.6 Å². The molecule has 2 amide bonds. The van der Waals surface area contributed by atoms with Crippen molar-refractivity contribution in [2.24, 2.45) is 0 Å². The normalized spacial score (nSPS) is 10.6. The quantitative estimate of drug-likeness (QED) is 0.361. The van der Waals surface area contributed by atoms with Crippen LogP contribution in [0.2, 0.25) is 0 Å². The lowest BCUT2D eigenvalue weighted by atomic mass is 10.1. The molecule has 0 atom stereocenters. The molecular weight excluding hydrogens is 452 g/mol. The molecular formula is C25H24N4O4S. The number of hydrogen-bond donors (Lipinski definition) is 1. The van der Waals surface area contributed by atoms with E-state index in [0.29, 0.717) is 23.1 Å². The van der Waals surface area contributed by atoms with Crippen LogP contribution in [0.15, 0.2) is 77.4 Å². The lowest BCUT2D eigenvalue weighted by molar-refractivity contribution is -0.116. The summed E-state index contributed by atoms with van der Waals surface area (Å²) in [5.74, 6) is 0.519. The molecule has 1 N–H and O–H groups in total. The van der Waals surface area contributed by atoms with E-state index in [0.717, 1.165) is 16.9 Å². The van der Waals surface area contributed by atoms with E-state index >= 15 is 0 Å². The van der Waals surface area contributed by atoms with Crippen molar-refractivity contribution in [1.29, 1.82) is 0 Å². The van der Waals surface area contributed by atoms with Crippen molar-refractivity contribution in [1.82, 2.24) is 15.1 Å². The molecule has 0 aliphatic rings. The molecule has 0 radical (unpaired) electrons. The summed E-state index contributed by atoms with van der Waals surface area (Å²) in [5.41, 5.74) is 2.00. The number of aromatic nitrogens is 2. The molecule has 0 bridgehead atoms. The molecule has 174 valence electrons. The van der Waals surface area contributed by atoms with Gasteiger partial charge < -0.3 is 19.4 Å². The highest BCUT2D eigenvalue weighted by molar-refractivity contribution is 7.18. The van der Waals surface area contributed by atoms with Crippen LogP contribution >= 0.6 is 11.3 Å². The minimum Gasteiger partial charge on any atom is -0.497 e. The smallest absolute Gasteiger partial charge is 0.289 e. The first kappa shape index (κ1) is 23.2.